The van der Waals surface area contributed by atoms with E-state index in [-0.39, 0.29) is 24.0 Å². The molecule has 0 saturated carbocycles. The van der Waals surface area contributed by atoms with Crippen LogP contribution >= 0.6 is 11.8 Å². The van der Waals surface area contributed by atoms with E-state index in [2.05, 4.69) is 10.2 Å². The molecule has 0 spiro atoms. The van der Waals surface area contributed by atoms with E-state index in [1.165, 1.54) is 17.8 Å². The highest BCUT2D eigenvalue weighted by molar-refractivity contribution is 7.99. The normalized spacial score (nSPS) is 10.7. The van der Waals surface area contributed by atoms with Crippen LogP contribution in [-0.2, 0) is 11.4 Å². The molecule has 168 valence electrons. The van der Waals surface area contributed by atoms with Crippen LogP contribution in [0.2, 0.25) is 0 Å². The van der Waals surface area contributed by atoms with E-state index in [0.717, 1.165) is 11.4 Å². The number of rotatable bonds is 9. The summed E-state index contributed by atoms with van der Waals surface area (Å²) >= 11 is 1.30. The second kappa shape index (κ2) is 10.8. The molecule has 0 aliphatic heterocycles. The third-order valence-corrected chi connectivity index (χ3v) is 5.83. The van der Waals surface area contributed by atoms with Crippen molar-refractivity contribution >= 4 is 23.4 Å². The van der Waals surface area contributed by atoms with Crippen molar-refractivity contribution in [3.8, 4) is 11.4 Å². The molecule has 4 aromatic rings. The largest absolute Gasteiger partial charge is 0.483 e. The minimum atomic E-state index is -0.441. The molecule has 0 saturated heterocycles. The van der Waals surface area contributed by atoms with E-state index in [0.29, 0.717) is 17.5 Å². The number of hydrogen-bond acceptors (Lipinski definition) is 5. The molecule has 1 aromatic heterocycles. The van der Waals surface area contributed by atoms with Crippen LogP contribution in [0.25, 0.3) is 5.69 Å². The molecule has 3 aromatic carbocycles. The van der Waals surface area contributed by atoms with Crippen LogP contribution in [0, 0.1) is 5.82 Å². The summed E-state index contributed by atoms with van der Waals surface area (Å²) in [5.41, 5.74) is 1.69. The molecular weight excluding hydrogens is 439 g/mol. The fourth-order valence-corrected chi connectivity index (χ4v) is 4.19. The number of aromatic nitrogens is 3. The zero-order valence-corrected chi connectivity index (χ0v) is 18.9. The molecule has 0 unspecified atom stereocenters. The number of nitrogens with zero attached hydrogens (tertiary/aromatic N) is 4. The number of anilines is 1. The number of benzene rings is 3. The smallest absolute Gasteiger partial charge is 0.237 e. The summed E-state index contributed by atoms with van der Waals surface area (Å²) in [7, 11) is 0. The molecule has 0 radical (unpaired) electrons. The summed E-state index contributed by atoms with van der Waals surface area (Å²) in [6.07, 6.45) is 0. The van der Waals surface area contributed by atoms with Crippen LogP contribution in [0.1, 0.15) is 12.7 Å². The zero-order valence-electron chi connectivity index (χ0n) is 18.1. The lowest BCUT2D eigenvalue weighted by molar-refractivity contribution is -0.116. The predicted octanol–water partition coefficient (Wildman–Crippen LogP) is 5.13. The first-order valence-electron chi connectivity index (χ1n) is 10.5. The summed E-state index contributed by atoms with van der Waals surface area (Å²) < 4.78 is 21.5. The molecule has 6 nitrogen and oxygen atoms in total. The van der Waals surface area contributed by atoms with Gasteiger partial charge >= 0.3 is 0 Å². The maximum Gasteiger partial charge on any atom is 0.237 e. The Bertz CT molecular complexity index is 1200. The third kappa shape index (κ3) is 5.40. The van der Waals surface area contributed by atoms with Gasteiger partial charge in [-0.05, 0) is 43.3 Å². The van der Waals surface area contributed by atoms with Gasteiger partial charge in [-0.1, -0.05) is 60.3 Å². The average Bonchev–Trinajstić information content (AvgIpc) is 3.26. The van der Waals surface area contributed by atoms with Crippen molar-refractivity contribution in [3.63, 3.8) is 0 Å². The highest BCUT2D eigenvalue weighted by atomic mass is 32.2. The maximum absolute atomic E-state index is 14.0. The Morgan fingerprint density at radius 1 is 0.970 bits per heavy atom. The lowest BCUT2D eigenvalue weighted by Gasteiger charge is -2.20. The Labute approximate surface area is 196 Å². The van der Waals surface area contributed by atoms with Gasteiger partial charge in [0.1, 0.15) is 6.61 Å². The van der Waals surface area contributed by atoms with E-state index in [4.69, 9.17) is 4.74 Å². The Morgan fingerprint density at radius 3 is 2.33 bits per heavy atom. The number of carbonyl (C=O) groups excluding carboxylic acids is 1. The number of thioether (sulfide) groups is 1. The molecule has 1 heterocycles. The summed E-state index contributed by atoms with van der Waals surface area (Å²) in [6, 6.07) is 25.4. The number of ether oxygens (including phenoxy) is 1. The summed E-state index contributed by atoms with van der Waals surface area (Å²) in [4.78, 5) is 14.7. The van der Waals surface area contributed by atoms with Crippen molar-refractivity contribution in [2.75, 3.05) is 17.2 Å². The van der Waals surface area contributed by atoms with Crippen molar-refractivity contribution in [1.29, 1.82) is 0 Å². The topological polar surface area (TPSA) is 60.3 Å². The lowest BCUT2D eigenvalue weighted by Crippen LogP contribution is -2.32. The van der Waals surface area contributed by atoms with E-state index >= 15 is 0 Å². The fraction of sp³-hybridized carbons (Fsp3) is 0.160. The first-order valence-corrected chi connectivity index (χ1v) is 11.5. The molecule has 0 aliphatic carbocycles. The molecule has 0 bridgehead atoms. The van der Waals surface area contributed by atoms with Gasteiger partial charge in [-0.25, -0.2) is 4.39 Å². The van der Waals surface area contributed by atoms with Crippen molar-refractivity contribution in [1.82, 2.24) is 14.8 Å². The van der Waals surface area contributed by atoms with Crippen LogP contribution in [0.4, 0.5) is 10.1 Å². The van der Waals surface area contributed by atoms with Gasteiger partial charge in [-0.3, -0.25) is 9.36 Å². The van der Waals surface area contributed by atoms with Crippen LogP contribution < -0.4 is 9.64 Å². The zero-order chi connectivity index (χ0) is 23.0. The van der Waals surface area contributed by atoms with Gasteiger partial charge < -0.3 is 9.64 Å². The monoisotopic (exact) mass is 462 g/mol. The molecule has 33 heavy (non-hydrogen) atoms. The van der Waals surface area contributed by atoms with Crippen molar-refractivity contribution < 1.29 is 13.9 Å². The SMILES string of the molecule is CCN(C(=O)CSc1nnc(COc2ccccc2F)n1-c1ccccc1)c1ccccc1. The van der Waals surface area contributed by atoms with Gasteiger partial charge in [-0.2, -0.15) is 0 Å². The molecule has 0 N–H and O–H groups in total. The second-order valence-corrected chi connectivity index (χ2v) is 7.99. The van der Waals surface area contributed by atoms with E-state index < -0.39 is 5.82 Å². The van der Waals surface area contributed by atoms with Gasteiger partial charge in [0.2, 0.25) is 5.91 Å². The molecule has 0 fully saturated rings. The van der Waals surface area contributed by atoms with Gasteiger partial charge in [-0.15, -0.1) is 10.2 Å². The minimum Gasteiger partial charge on any atom is -0.483 e. The van der Waals surface area contributed by atoms with Crippen molar-refractivity contribution in [2.24, 2.45) is 0 Å². The molecule has 1 amide bonds. The summed E-state index contributed by atoms with van der Waals surface area (Å²) in [6.45, 7) is 2.54. The van der Waals surface area contributed by atoms with Crippen LogP contribution in [0.5, 0.6) is 5.75 Å². The molecule has 4 rings (SSSR count). The third-order valence-electron chi connectivity index (χ3n) is 4.92. The average molecular weight is 463 g/mol. The minimum absolute atomic E-state index is 0.0273. The van der Waals surface area contributed by atoms with Crippen LogP contribution in [-0.4, -0.2) is 33.0 Å². The molecule has 0 atom stereocenters. The van der Waals surface area contributed by atoms with Crippen molar-refractivity contribution in [3.05, 3.63) is 96.6 Å². The van der Waals surface area contributed by atoms with Crippen LogP contribution in [0.3, 0.4) is 0 Å². The number of halogens is 1. The summed E-state index contributed by atoms with van der Waals surface area (Å²) in [5.74, 6) is 0.382. The van der Waals surface area contributed by atoms with Gasteiger partial charge in [0.05, 0.1) is 5.75 Å². The van der Waals surface area contributed by atoms with Gasteiger partial charge in [0.25, 0.3) is 0 Å². The van der Waals surface area contributed by atoms with E-state index in [9.17, 15) is 9.18 Å². The number of carbonyl (C=O) groups is 1. The Balaban J connectivity index is 1.54. The second-order valence-electron chi connectivity index (χ2n) is 7.05. The number of para-hydroxylation sites is 3. The quantitative estimate of drug-likeness (QED) is 0.323. The van der Waals surface area contributed by atoms with E-state index in [1.54, 1.807) is 23.1 Å². The standard InChI is InChI=1S/C25H23FN4O2S/c1-2-29(19-11-5-3-6-12-19)24(31)18-33-25-28-27-23(30(25)20-13-7-4-8-14-20)17-32-22-16-10-9-15-21(22)26/h3-16H,2,17-18H2,1H3. The molecular formula is C25H23FN4O2S. The molecule has 0 aliphatic rings. The fourth-order valence-electron chi connectivity index (χ4n) is 3.34. The number of amides is 1. The Kier molecular flexibility index (Phi) is 7.36. The van der Waals surface area contributed by atoms with Crippen LogP contribution in [0.15, 0.2) is 90.1 Å². The Morgan fingerprint density at radius 2 is 1.64 bits per heavy atom. The Hall–Kier alpha value is -3.65. The lowest BCUT2D eigenvalue weighted by atomic mass is 10.3. The molecule has 8 heteroatoms. The highest BCUT2D eigenvalue weighted by Crippen LogP contribution is 2.25. The predicted molar refractivity (Wildman–Crippen MR) is 127 cm³/mol. The maximum atomic E-state index is 14.0. The summed E-state index contributed by atoms with van der Waals surface area (Å²) in [5, 5.41) is 9.11. The van der Waals surface area contributed by atoms with Gasteiger partial charge in [0, 0.05) is 17.9 Å². The van der Waals surface area contributed by atoms with Gasteiger partial charge in [0.15, 0.2) is 22.5 Å². The van der Waals surface area contributed by atoms with E-state index in [1.807, 2.05) is 72.2 Å². The van der Waals surface area contributed by atoms with Crippen molar-refractivity contribution in [2.45, 2.75) is 18.7 Å². The first kappa shape index (κ1) is 22.5. The first-order chi connectivity index (χ1) is 16.2. The highest BCUT2D eigenvalue weighted by Gasteiger charge is 2.19. The number of hydrogen-bond donors (Lipinski definition) is 0.